The summed E-state index contributed by atoms with van der Waals surface area (Å²) in [5, 5.41) is 8.70. The van der Waals surface area contributed by atoms with Gasteiger partial charge in [0.25, 0.3) is 5.91 Å². The number of likely N-dealkylation sites (tertiary alicyclic amines) is 1. The summed E-state index contributed by atoms with van der Waals surface area (Å²) in [4.78, 5) is 53.9. The highest BCUT2D eigenvalue weighted by molar-refractivity contribution is 6.25. The first-order chi connectivity index (χ1) is 18.3. The minimum Gasteiger partial charge on any atom is -0.339 e. The molecule has 0 bridgehead atoms. The number of carbonyl (C=O) groups excluding carboxylic acids is 4. The number of para-hydroxylation sites is 1. The summed E-state index contributed by atoms with van der Waals surface area (Å²) in [7, 11) is 0. The van der Waals surface area contributed by atoms with Crippen molar-refractivity contribution in [3.05, 3.63) is 89.0 Å². The quantitative estimate of drug-likeness (QED) is 0.467. The van der Waals surface area contributed by atoms with Crippen molar-refractivity contribution in [1.29, 1.82) is 0 Å². The molecule has 3 aliphatic heterocycles. The van der Waals surface area contributed by atoms with Crippen LogP contribution in [0.25, 0.3) is 0 Å². The number of nitrogens with zero attached hydrogens (tertiary/aromatic N) is 1. The van der Waals surface area contributed by atoms with E-state index in [1.807, 2.05) is 55.5 Å². The molecule has 4 amide bonds. The molecule has 0 aliphatic carbocycles. The summed E-state index contributed by atoms with van der Waals surface area (Å²) >= 11 is 0. The van der Waals surface area contributed by atoms with E-state index < -0.39 is 5.41 Å². The minimum absolute atomic E-state index is 0.0125. The Morgan fingerprint density at radius 1 is 0.895 bits per heavy atom. The second kappa shape index (κ2) is 9.13. The maximum absolute atomic E-state index is 13.1. The molecule has 6 rings (SSSR count). The van der Waals surface area contributed by atoms with Crippen molar-refractivity contribution in [2.24, 2.45) is 5.92 Å². The summed E-state index contributed by atoms with van der Waals surface area (Å²) in [5.74, 6) is -1.06. The molecule has 3 heterocycles. The molecule has 0 radical (unpaired) electrons. The fourth-order valence-electron chi connectivity index (χ4n) is 5.71. The summed E-state index contributed by atoms with van der Waals surface area (Å²) in [6, 6.07) is 20.2. The highest BCUT2D eigenvalue weighted by Gasteiger charge is 2.55. The third-order valence-electron chi connectivity index (χ3n) is 7.94. The molecule has 3 N–H and O–H groups in total. The molecular weight excluding hydrogens is 480 g/mol. The number of hydrogen-bond acceptors (Lipinski definition) is 4. The zero-order valence-electron chi connectivity index (χ0n) is 21.0. The summed E-state index contributed by atoms with van der Waals surface area (Å²) in [6.07, 6.45) is 1.43. The Bertz CT molecular complexity index is 1470. The number of amides is 4. The largest absolute Gasteiger partial charge is 0.339 e. The number of carbonyl (C=O) groups is 4. The normalized spacial score (nSPS) is 20.4. The second-order valence-corrected chi connectivity index (χ2v) is 10.3. The van der Waals surface area contributed by atoms with Crippen LogP contribution in [0, 0.1) is 12.8 Å². The predicted molar refractivity (Wildman–Crippen MR) is 144 cm³/mol. The molecule has 0 saturated carbocycles. The van der Waals surface area contributed by atoms with Gasteiger partial charge in [0, 0.05) is 53.6 Å². The van der Waals surface area contributed by atoms with Gasteiger partial charge in [-0.2, -0.15) is 0 Å². The maximum atomic E-state index is 13.1. The lowest BCUT2D eigenvalue weighted by molar-refractivity contribution is -0.131. The summed E-state index contributed by atoms with van der Waals surface area (Å²) in [5.41, 5.74) is 3.75. The van der Waals surface area contributed by atoms with E-state index in [4.69, 9.17) is 0 Å². The van der Waals surface area contributed by atoms with Crippen molar-refractivity contribution < 1.29 is 19.2 Å². The van der Waals surface area contributed by atoms with E-state index in [0.29, 0.717) is 48.4 Å². The highest BCUT2D eigenvalue weighted by atomic mass is 16.2. The van der Waals surface area contributed by atoms with Crippen molar-refractivity contribution in [1.82, 2.24) is 4.90 Å². The average molecular weight is 509 g/mol. The molecule has 38 heavy (non-hydrogen) atoms. The molecule has 3 aliphatic rings. The number of benzene rings is 3. The molecule has 3 aromatic rings. The minimum atomic E-state index is -1.33. The Morgan fingerprint density at radius 3 is 2.32 bits per heavy atom. The Balaban J connectivity index is 1.13. The van der Waals surface area contributed by atoms with Crippen molar-refractivity contribution in [3.8, 4) is 0 Å². The van der Waals surface area contributed by atoms with Crippen molar-refractivity contribution in [3.63, 3.8) is 0 Å². The third-order valence-corrected chi connectivity index (χ3v) is 7.94. The van der Waals surface area contributed by atoms with E-state index in [1.165, 1.54) is 0 Å². The number of piperidine rings is 1. The van der Waals surface area contributed by atoms with E-state index in [-0.39, 0.29) is 36.0 Å². The lowest BCUT2D eigenvalue weighted by Gasteiger charge is -2.32. The molecule has 1 spiro atoms. The van der Waals surface area contributed by atoms with E-state index in [0.717, 1.165) is 16.8 Å². The van der Waals surface area contributed by atoms with Crippen LogP contribution >= 0.6 is 0 Å². The fraction of sp³-hybridized carbons (Fsp3) is 0.267. The van der Waals surface area contributed by atoms with Gasteiger partial charge in [-0.3, -0.25) is 19.2 Å². The molecule has 8 heteroatoms. The van der Waals surface area contributed by atoms with Gasteiger partial charge in [0.1, 0.15) is 0 Å². The molecular formula is C30H28N4O4. The first-order valence-corrected chi connectivity index (χ1v) is 12.9. The number of nitrogens with one attached hydrogen (secondary N) is 3. The first kappa shape index (κ1) is 23.9. The van der Waals surface area contributed by atoms with Crippen LogP contribution in [0.5, 0.6) is 0 Å². The number of fused-ring (bicyclic) bond motifs is 3. The number of rotatable bonds is 3. The van der Waals surface area contributed by atoms with Gasteiger partial charge in [-0.1, -0.05) is 42.0 Å². The Labute approximate surface area is 220 Å². The third kappa shape index (κ3) is 3.93. The van der Waals surface area contributed by atoms with E-state index >= 15 is 0 Å². The van der Waals surface area contributed by atoms with E-state index in [2.05, 4.69) is 16.0 Å². The van der Waals surface area contributed by atoms with Gasteiger partial charge in [0.15, 0.2) is 5.41 Å². The second-order valence-electron chi connectivity index (χ2n) is 10.3. The topological polar surface area (TPSA) is 108 Å². The predicted octanol–water partition coefficient (Wildman–Crippen LogP) is 3.87. The number of aryl methyl sites for hydroxylation is 1. The lowest BCUT2D eigenvalue weighted by atomic mass is 9.73. The summed E-state index contributed by atoms with van der Waals surface area (Å²) < 4.78 is 0. The zero-order chi connectivity index (χ0) is 26.4. The van der Waals surface area contributed by atoms with E-state index in [9.17, 15) is 19.2 Å². The van der Waals surface area contributed by atoms with Crippen LogP contribution in [0.4, 0.5) is 17.1 Å². The molecule has 192 valence electrons. The van der Waals surface area contributed by atoms with Crippen LogP contribution in [0.15, 0.2) is 66.7 Å². The smallest absolute Gasteiger partial charge is 0.253 e. The average Bonchev–Trinajstić information content (AvgIpc) is 3.20. The number of hydrogen-bond donors (Lipinski definition) is 3. The molecule has 3 aromatic carbocycles. The molecule has 1 saturated heterocycles. The molecule has 0 aromatic heterocycles. The molecule has 1 atom stereocenters. The Kier molecular flexibility index (Phi) is 5.75. The highest BCUT2D eigenvalue weighted by Crippen LogP contribution is 2.45. The van der Waals surface area contributed by atoms with Gasteiger partial charge in [0.05, 0.1) is 0 Å². The SMILES string of the molecule is Cc1ccc(C(=O)N2CCC(C(=O)Nc3ccc4c(c3)NC(=O)C43Cc4ccccc4NC3=O)CC2)cc1. The monoisotopic (exact) mass is 508 g/mol. The lowest BCUT2D eigenvalue weighted by Crippen LogP contribution is -2.50. The standard InChI is InChI=1S/C30H28N4O4/c1-18-6-8-20(9-7-18)27(36)34-14-12-19(13-15-34)26(35)31-22-10-11-23-25(16-22)33-29(38)30(23)17-21-4-2-3-5-24(21)32-28(30)37/h2-11,16,19H,12-15,17H2,1H3,(H,31,35)(H,32,37)(H,33,38). The van der Waals surface area contributed by atoms with E-state index in [1.54, 1.807) is 23.1 Å². The maximum Gasteiger partial charge on any atom is 0.253 e. The van der Waals surface area contributed by atoms with Crippen LogP contribution in [0.1, 0.15) is 39.9 Å². The van der Waals surface area contributed by atoms with Crippen LogP contribution in [-0.4, -0.2) is 41.6 Å². The number of anilines is 3. The van der Waals surface area contributed by atoms with Gasteiger partial charge in [-0.05, 0) is 55.7 Å². The van der Waals surface area contributed by atoms with Gasteiger partial charge in [-0.15, -0.1) is 0 Å². The first-order valence-electron chi connectivity index (χ1n) is 12.9. The molecule has 1 unspecified atom stereocenters. The Morgan fingerprint density at radius 2 is 1.58 bits per heavy atom. The molecule has 1 fully saturated rings. The fourth-order valence-corrected chi connectivity index (χ4v) is 5.71. The van der Waals surface area contributed by atoms with Crippen LogP contribution in [0.3, 0.4) is 0 Å². The zero-order valence-corrected chi connectivity index (χ0v) is 21.0. The van der Waals surface area contributed by atoms with Crippen LogP contribution < -0.4 is 16.0 Å². The molecule has 8 nitrogen and oxygen atoms in total. The van der Waals surface area contributed by atoms with Gasteiger partial charge >= 0.3 is 0 Å². The van der Waals surface area contributed by atoms with Gasteiger partial charge in [-0.25, -0.2) is 0 Å². The van der Waals surface area contributed by atoms with Gasteiger partial charge < -0.3 is 20.9 Å². The van der Waals surface area contributed by atoms with Crippen molar-refractivity contribution in [2.75, 3.05) is 29.0 Å². The van der Waals surface area contributed by atoms with Crippen molar-refractivity contribution in [2.45, 2.75) is 31.6 Å². The van der Waals surface area contributed by atoms with Crippen molar-refractivity contribution >= 4 is 40.7 Å². The van der Waals surface area contributed by atoms with Crippen LogP contribution in [0.2, 0.25) is 0 Å². The Hall–Kier alpha value is -4.46. The van der Waals surface area contributed by atoms with Crippen LogP contribution in [-0.2, 0) is 26.2 Å². The summed E-state index contributed by atoms with van der Waals surface area (Å²) in [6.45, 7) is 3.02. The van der Waals surface area contributed by atoms with Gasteiger partial charge in [0.2, 0.25) is 17.7 Å².